The molecule has 0 aliphatic carbocycles. The van der Waals surface area contributed by atoms with Gasteiger partial charge >= 0.3 is 6.03 Å². The van der Waals surface area contributed by atoms with E-state index in [2.05, 4.69) is 11.4 Å². The molecule has 3 aliphatic rings. The maximum absolute atomic E-state index is 12.9. The largest absolute Gasteiger partial charge is 0.324 e. The molecule has 7 heteroatoms. The van der Waals surface area contributed by atoms with Crippen LogP contribution in [-0.2, 0) is 22.6 Å². The van der Waals surface area contributed by atoms with E-state index in [4.69, 9.17) is 4.84 Å². The Labute approximate surface area is 145 Å². The zero-order valence-electron chi connectivity index (χ0n) is 13.8. The summed E-state index contributed by atoms with van der Waals surface area (Å²) < 4.78 is 0. The minimum atomic E-state index is -0.123. The molecule has 1 aromatic heterocycles. The van der Waals surface area contributed by atoms with Gasteiger partial charge in [-0.05, 0) is 42.7 Å². The average Bonchev–Trinajstić information content (AvgIpc) is 3.31. The van der Waals surface area contributed by atoms with Crippen molar-refractivity contribution in [2.24, 2.45) is 5.92 Å². The molecule has 0 N–H and O–H groups in total. The molecule has 0 radical (unpaired) electrons. The second-order valence-corrected chi connectivity index (χ2v) is 7.74. The molecule has 2 saturated heterocycles. The summed E-state index contributed by atoms with van der Waals surface area (Å²) in [5.41, 5.74) is 1.27. The monoisotopic (exact) mass is 349 g/mol. The second kappa shape index (κ2) is 6.72. The van der Waals surface area contributed by atoms with Crippen molar-refractivity contribution in [1.29, 1.82) is 0 Å². The number of piperidine rings is 1. The highest BCUT2D eigenvalue weighted by atomic mass is 32.1. The van der Waals surface area contributed by atoms with Crippen molar-refractivity contribution in [2.45, 2.75) is 32.2 Å². The third-order valence-corrected chi connectivity index (χ3v) is 6.14. The van der Waals surface area contributed by atoms with Crippen molar-refractivity contribution in [3.05, 3.63) is 21.9 Å². The van der Waals surface area contributed by atoms with E-state index in [0.29, 0.717) is 26.2 Å². The van der Waals surface area contributed by atoms with Crippen LogP contribution >= 0.6 is 11.3 Å². The van der Waals surface area contributed by atoms with Gasteiger partial charge < -0.3 is 9.80 Å². The number of nitrogens with zero attached hydrogens (tertiary/aromatic N) is 3. The van der Waals surface area contributed by atoms with Crippen molar-refractivity contribution in [3.63, 3.8) is 0 Å². The Kier molecular flexibility index (Phi) is 4.45. The number of hydrogen-bond donors (Lipinski definition) is 0. The summed E-state index contributed by atoms with van der Waals surface area (Å²) in [6, 6.07) is 2.19. The number of hydrogen-bond acceptors (Lipinski definition) is 4. The number of amides is 3. The van der Waals surface area contributed by atoms with Crippen LogP contribution < -0.4 is 0 Å². The molecule has 4 rings (SSSR count). The number of rotatable bonds is 1. The third-order valence-electron chi connectivity index (χ3n) is 5.12. The van der Waals surface area contributed by atoms with Crippen LogP contribution in [0.2, 0.25) is 0 Å². The SMILES string of the molecule is O=C(N1CCc2sccc2C1)N1CCCC(C(=O)N2CCCO2)C1. The van der Waals surface area contributed by atoms with Gasteiger partial charge in [-0.2, -0.15) is 0 Å². The maximum atomic E-state index is 12.9. The Morgan fingerprint density at radius 3 is 2.92 bits per heavy atom. The summed E-state index contributed by atoms with van der Waals surface area (Å²) in [5.74, 6) is -0.0777. The van der Waals surface area contributed by atoms with Crippen LogP contribution in [0.4, 0.5) is 4.79 Å². The third kappa shape index (κ3) is 3.02. The highest BCUT2D eigenvalue weighted by Gasteiger charge is 2.35. The predicted octanol–water partition coefficient (Wildman–Crippen LogP) is 2.10. The molecule has 0 saturated carbocycles. The quantitative estimate of drug-likeness (QED) is 0.780. The summed E-state index contributed by atoms with van der Waals surface area (Å²) in [6.45, 7) is 4.04. The molecular weight excluding hydrogens is 326 g/mol. The van der Waals surface area contributed by atoms with Crippen LogP contribution in [0.25, 0.3) is 0 Å². The Bertz CT molecular complexity index is 626. The normalized spacial score (nSPS) is 24.2. The van der Waals surface area contributed by atoms with E-state index in [0.717, 1.165) is 38.8 Å². The molecule has 4 heterocycles. The van der Waals surface area contributed by atoms with Gasteiger partial charge in [-0.15, -0.1) is 11.3 Å². The molecule has 1 aromatic rings. The fourth-order valence-corrected chi connectivity index (χ4v) is 4.68. The van der Waals surface area contributed by atoms with Crippen LogP contribution in [0.15, 0.2) is 11.4 Å². The van der Waals surface area contributed by atoms with Crippen molar-refractivity contribution in [2.75, 3.05) is 32.8 Å². The fraction of sp³-hybridized carbons (Fsp3) is 0.647. The molecular formula is C17H23N3O3S. The van der Waals surface area contributed by atoms with Gasteiger partial charge in [0.1, 0.15) is 0 Å². The van der Waals surface area contributed by atoms with Gasteiger partial charge in [0.25, 0.3) is 5.91 Å². The first kappa shape index (κ1) is 15.9. The maximum Gasteiger partial charge on any atom is 0.320 e. The molecule has 24 heavy (non-hydrogen) atoms. The molecule has 1 atom stereocenters. The van der Waals surface area contributed by atoms with Crippen LogP contribution in [0.3, 0.4) is 0 Å². The molecule has 6 nitrogen and oxygen atoms in total. The van der Waals surface area contributed by atoms with Gasteiger partial charge in [-0.1, -0.05) is 0 Å². The molecule has 2 fully saturated rings. The first-order valence-corrected chi connectivity index (χ1v) is 9.64. The highest BCUT2D eigenvalue weighted by molar-refractivity contribution is 7.10. The summed E-state index contributed by atoms with van der Waals surface area (Å²) in [6.07, 6.45) is 3.57. The van der Waals surface area contributed by atoms with E-state index in [-0.39, 0.29) is 17.9 Å². The van der Waals surface area contributed by atoms with Crippen molar-refractivity contribution < 1.29 is 14.4 Å². The van der Waals surface area contributed by atoms with Gasteiger partial charge in [-0.3, -0.25) is 9.63 Å². The number of hydroxylamine groups is 2. The second-order valence-electron chi connectivity index (χ2n) is 6.74. The van der Waals surface area contributed by atoms with E-state index < -0.39 is 0 Å². The predicted molar refractivity (Wildman–Crippen MR) is 90.4 cm³/mol. The van der Waals surface area contributed by atoms with Crippen molar-refractivity contribution >= 4 is 23.3 Å². The Balaban J connectivity index is 1.39. The lowest BCUT2D eigenvalue weighted by molar-refractivity contribution is -0.174. The Morgan fingerprint density at radius 1 is 1.17 bits per heavy atom. The zero-order chi connectivity index (χ0) is 16.5. The number of likely N-dealkylation sites (tertiary alicyclic amines) is 1. The molecule has 130 valence electrons. The fourth-order valence-electron chi connectivity index (χ4n) is 3.79. The van der Waals surface area contributed by atoms with Crippen LogP contribution in [0, 0.1) is 5.92 Å². The van der Waals surface area contributed by atoms with E-state index in [1.807, 2.05) is 9.80 Å². The molecule has 3 amide bonds. The molecule has 0 spiro atoms. The van der Waals surface area contributed by atoms with Gasteiger partial charge in [0.15, 0.2) is 0 Å². The van der Waals surface area contributed by atoms with E-state index >= 15 is 0 Å². The zero-order valence-corrected chi connectivity index (χ0v) is 14.6. The smallest absolute Gasteiger partial charge is 0.320 e. The van der Waals surface area contributed by atoms with Crippen molar-refractivity contribution in [1.82, 2.24) is 14.9 Å². The average molecular weight is 349 g/mol. The number of thiophene rings is 1. The Morgan fingerprint density at radius 2 is 2.08 bits per heavy atom. The lowest BCUT2D eigenvalue weighted by atomic mass is 9.97. The first-order chi connectivity index (χ1) is 11.7. The lowest BCUT2D eigenvalue weighted by Crippen LogP contribution is -2.51. The van der Waals surface area contributed by atoms with Crippen LogP contribution in [0.1, 0.15) is 29.7 Å². The molecule has 0 bridgehead atoms. The molecule has 3 aliphatic heterocycles. The van der Waals surface area contributed by atoms with Crippen LogP contribution in [0.5, 0.6) is 0 Å². The first-order valence-electron chi connectivity index (χ1n) is 8.76. The van der Waals surface area contributed by atoms with Gasteiger partial charge in [0.2, 0.25) is 0 Å². The number of carbonyl (C=O) groups excluding carboxylic acids is 2. The number of carbonyl (C=O) groups is 2. The standard InChI is InChI=1S/C17H23N3O3S/c21-16(20-7-2-9-23-20)14-3-1-6-18(12-14)17(22)19-8-4-15-13(11-19)5-10-24-15/h5,10,14H,1-4,6-9,11-12H2. The van der Waals surface area contributed by atoms with E-state index in [9.17, 15) is 9.59 Å². The summed E-state index contributed by atoms with van der Waals surface area (Å²) >= 11 is 1.78. The minimum Gasteiger partial charge on any atom is -0.324 e. The van der Waals surface area contributed by atoms with Crippen molar-refractivity contribution in [3.8, 4) is 0 Å². The van der Waals surface area contributed by atoms with E-state index in [1.54, 1.807) is 11.3 Å². The minimum absolute atomic E-state index is 0.0452. The van der Waals surface area contributed by atoms with Gasteiger partial charge in [0, 0.05) is 31.1 Å². The molecule has 1 unspecified atom stereocenters. The molecule has 0 aromatic carbocycles. The highest BCUT2D eigenvalue weighted by Crippen LogP contribution is 2.26. The van der Waals surface area contributed by atoms with Gasteiger partial charge in [-0.25, -0.2) is 9.86 Å². The topological polar surface area (TPSA) is 53.1 Å². The lowest BCUT2D eigenvalue weighted by Gasteiger charge is -2.37. The summed E-state index contributed by atoms with van der Waals surface area (Å²) in [5, 5.41) is 3.60. The van der Waals surface area contributed by atoms with E-state index in [1.165, 1.54) is 15.5 Å². The van der Waals surface area contributed by atoms with Crippen LogP contribution in [-0.4, -0.2) is 59.6 Å². The Hall–Kier alpha value is -1.60. The number of urea groups is 1. The number of fused-ring (bicyclic) bond motifs is 1. The summed E-state index contributed by atoms with van der Waals surface area (Å²) in [7, 11) is 0. The van der Waals surface area contributed by atoms with Gasteiger partial charge in [0.05, 0.1) is 19.1 Å². The summed E-state index contributed by atoms with van der Waals surface area (Å²) in [4.78, 5) is 36.0.